The summed E-state index contributed by atoms with van der Waals surface area (Å²) in [6.07, 6.45) is 8.34. The van der Waals surface area contributed by atoms with Gasteiger partial charge in [-0.1, -0.05) is 18.2 Å². The zero-order valence-electron chi connectivity index (χ0n) is 17.8. The Morgan fingerprint density at radius 1 is 1.06 bits per heavy atom. The number of amides is 1. The molecule has 2 aromatic heterocycles. The average molecular weight is 418 g/mol. The molecule has 31 heavy (non-hydrogen) atoms. The standard InChI is InChI=1S/C24H27N5O2/c1-27-18-24(31-23(27)30)10-5-14-28(15-11-24)16-20-17-29(21-6-3-2-4-7-21)26-22(20)19-8-12-25-13-9-19/h2-4,6-9,12-13,17H,5,10-11,14-16,18H2,1H3. The van der Waals surface area contributed by atoms with Crippen molar-refractivity contribution in [1.82, 2.24) is 24.6 Å². The summed E-state index contributed by atoms with van der Waals surface area (Å²) in [6, 6.07) is 14.2. The zero-order valence-corrected chi connectivity index (χ0v) is 17.8. The first-order chi connectivity index (χ1) is 15.1. The highest BCUT2D eigenvalue weighted by atomic mass is 16.6. The quantitative estimate of drug-likeness (QED) is 0.647. The third-order valence-corrected chi connectivity index (χ3v) is 6.29. The van der Waals surface area contributed by atoms with Crippen LogP contribution in [-0.4, -0.2) is 62.9 Å². The minimum atomic E-state index is -0.331. The predicted octanol–water partition coefficient (Wildman–Crippen LogP) is 3.74. The lowest BCUT2D eigenvalue weighted by Crippen LogP contribution is -2.35. The van der Waals surface area contributed by atoms with Gasteiger partial charge in [0.2, 0.25) is 0 Å². The van der Waals surface area contributed by atoms with Gasteiger partial charge < -0.3 is 9.64 Å². The van der Waals surface area contributed by atoms with Gasteiger partial charge in [0.05, 0.1) is 17.9 Å². The van der Waals surface area contributed by atoms with E-state index in [1.54, 1.807) is 17.3 Å². The van der Waals surface area contributed by atoms with Gasteiger partial charge in [-0.3, -0.25) is 9.88 Å². The van der Waals surface area contributed by atoms with Gasteiger partial charge in [0.25, 0.3) is 0 Å². The van der Waals surface area contributed by atoms with Crippen LogP contribution < -0.4 is 0 Å². The summed E-state index contributed by atoms with van der Waals surface area (Å²) in [5, 5.41) is 4.92. The van der Waals surface area contributed by atoms with E-state index >= 15 is 0 Å². The maximum absolute atomic E-state index is 11.9. The van der Waals surface area contributed by atoms with Crippen molar-refractivity contribution in [2.24, 2.45) is 0 Å². The monoisotopic (exact) mass is 417 g/mol. The molecule has 2 saturated heterocycles. The van der Waals surface area contributed by atoms with Crippen LogP contribution >= 0.6 is 0 Å². The number of rotatable bonds is 4. The van der Waals surface area contributed by atoms with Crippen molar-refractivity contribution >= 4 is 6.09 Å². The fraction of sp³-hybridized carbons (Fsp3) is 0.375. The van der Waals surface area contributed by atoms with Gasteiger partial charge in [0, 0.05) is 56.3 Å². The van der Waals surface area contributed by atoms with Gasteiger partial charge in [-0.05, 0) is 43.7 Å². The number of hydrogen-bond donors (Lipinski definition) is 0. The molecule has 0 bridgehead atoms. The van der Waals surface area contributed by atoms with E-state index in [0.717, 1.165) is 55.8 Å². The van der Waals surface area contributed by atoms with Crippen molar-refractivity contribution in [3.05, 3.63) is 66.6 Å². The van der Waals surface area contributed by atoms with Crippen LogP contribution in [0.1, 0.15) is 24.8 Å². The minimum Gasteiger partial charge on any atom is -0.441 e. The largest absolute Gasteiger partial charge is 0.441 e. The van der Waals surface area contributed by atoms with Crippen molar-refractivity contribution in [1.29, 1.82) is 0 Å². The van der Waals surface area contributed by atoms with Gasteiger partial charge in [-0.15, -0.1) is 0 Å². The Labute approximate surface area is 182 Å². The normalized spacial score (nSPS) is 22.0. The molecule has 7 nitrogen and oxygen atoms in total. The molecule has 0 radical (unpaired) electrons. The van der Waals surface area contributed by atoms with E-state index in [2.05, 4.69) is 28.2 Å². The Kier molecular flexibility index (Phi) is 5.19. The van der Waals surface area contributed by atoms with Crippen LogP contribution in [0.2, 0.25) is 0 Å². The molecule has 1 amide bonds. The van der Waals surface area contributed by atoms with Crippen LogP contribution in [0, 0.1) is 0 Å². The molecular weight excluding hydrogens is 390 g/mol. The molecule has 7 heteroatoms. The maximum atomic E-state index is 11.9. The summed E-state index contributed by atoms with van der Waals surface area (Å²) < 4.78 is 7.73. The molecule has 2 fully saturated rings. The Morgan fingerprint density at radius 3 is 2.61 bits per heavy atom. The molecule has 160 valence electrons. The summed E-state index contributed by atoms with van der Waals surface area (Å²) in [5.41, 5.74) is 3.95. The Morgan fingerprint density at radius 2 is 1.87 bits per heavy atom. The van der Waals surface area contributed by atoms with Crippen molar-refractivity contribution in [3.8, 4) is 16.9 Å². The average Bonchev–Trinajstić information content (AvgIpc) is 3.27. The highest BCUT2D eigenvalue weighted by molar-refractivity contribution is 5.70. The van der Waals surface area contributed by atoms with Crippen molar-refractivity contribution in [2.75, 3.05) is 26.7 Å². The van der Waals surface area contributed by atoms with Crippen LogP contribution in [0.5, 0.6) is 0 Å². The van der Waals surface area contributed by atoms with Gasteiger partial charge in [0.15, 0.2) is 0 Å². The molecule has 5 rings (SSSR count). The SMILES string of the molecule is CN1CC2(CCCN(Cc3cn(-c4ccccc4)nc3-c3ccncc3)CC2)OC1=O. The molecule has 0 N–H and O–H groups in total. The number of aromatic nitrogens is 3. The van der Waals surface area contributed by atoms with Gasteiger partial charge in [0.1, 0.15) is 5.60 Å². The van der Waals surface area contributed by atoms with E-state index in [4.69, 9.17) is 9.84 Å². The second-order valence-electron chi connectivity index (χ2n) is 8.56. The van der Waals surface area contributed by atoms with Gasteiger partial charge >= 0.3 is 6.09 Å². The van der Waals surface area contributed by atoms with E-state index in [1.807, 2.05) is 42.1 Å². The number of nitrogens with zero attached hydrogens (tertiary/aromatic N) is 5. The van der Waals surface area contributed by atoms with Crippen molar-refractivity contribution in [2.45, 2.75) is 31.4 Å². The lowest BCUT2D eigenvalue weighted by atomic mass is 9.95. The van der Waals surface area contributed by atoms with E-state index in [1.165, 1.54) is 5.56 Å². The summed E-state index contributed by atoms with van der Waals surface area (Å²) in [5.74, 6) is 0. The lowest BCUT2D eigenvalue weighted by Gasteiger charge is -2.25. The number of hydrogen-bond acceptors (Lipinski definition) is 5. The first-order valence-corrected chi connectivity index (χ1v) is 10.8. The van der Waals surface area contributed by atoms with Crippen LogP contribution in [0.25, 0.3) is 16.9 Å². The third kappa shape index (κ3) is 4.05. The number of carbonyl (C=O) groups is 1. The number of para-hydroxylation sites is 1. The van der Waals surface area contributed by atoms with Crippen molar-refractivity contribution in [3.63, 3.8) is 0 Å². The van der Waals surface area contributed by atoms with E-state index in [-0.39, 0.29) is 11.7 Å². The zero-order chi connectivity index (χ0) is 21.3. The van der Waals surface area contributed by atoms with Crippen LogP contribution in [0.3, 0.4) is 0 Å². The lowest BCUT2D eigenvalue weighted by molar-refractivity contribution is 0.0443. The molecule has 2 aliphatic heterocycles. The smallest absolute Gasteiger partial charge is 0.410 e. The number of likely N-dealkylation sites (N-methyl/N-ethyl adjacent to an activating group) is 1. The number of ether oxygens (including phenoxy) is 1. The molecule has 0 saturated carbocycles. The summed E-state index contributed by atoms with van der Waals surface area (Å²) >= 11 is 0. The summed E-state index contributed by atoms with van der Waals surface area (Å²) in [4.78, 5) is 20.3. The first-order valence-electron chi connectivity index (χ1n) is 10.8. The molecule has 1 spiro atoms. The fourth-order valence-corrected chi connectivity index (χ4v) is 4.67. The Balaban J connectivity index is 1.39. The topological polar surface area (TPSA) is 63.5 Å². The number of pyridine rings is 1. The molecule has 4 heterocycles. The maximum Gasteiger partial charge on any atom is 0.410 e. The van der Waals surface area contributed by atoms with Gasteiger partial charge in [-0.2, -0.15) is 5.10 Å². The Bertz CT molecular complexity index is 1050. The fourth-order valence-electron chi connectivity index (χ4n) is 4.67. The van der Waals surface area contributed by atoms with Crippen LogP contribution in [-0.2, 0) is 11.3 Å². The second kappa shape index (κ2) is 8.15. The molecule has 1 atom stereocenters. The van der Waals surface area contributed by atoms with Gasteiger partial charge in [-0.25, -0.2) is 9.48 Å². The molecule has 2 aliphatic rings. The Hall–Kier alpha value is -3.19. The summed E-state index contributed by atoms with van der Waals surface area (Å²) in [6.45, 7) is 3.38. The number of benzene rings is 1. The highest BCUT2D eigenvalue weighted by Crippen LogP contribution is 2.33. The van der Waals surface area contributed by atoms with Crippen molar-refractivity contribution < 1.29 is 9.53 Å². The highest BCUT2D eigenvalue weighted by Gasteiger charge is 2.44. The molecule has 3 aromatic rings. The van der Waals surface area contributed by atoms with E-state index in [9.17, 15) is 4.79 Å². The third-order valence-electron chi connectivity index (χ3n) is 6.29. The minimum absolute atomic E-state index is 0.197. The molecule has 1 unspecified atom stereocenters. The number of likely N-dealkylation sites (tertiary alicyclic amines) is 1. The van der Waals surface area contributed by atoms with Crippen LogP contribution in [0.4, 0.5) is 4.79 Å². The van der Waals surface area contributed by atoms with E-state index in [0.29, 0.717) is 6.54 Å². The molecule has 0 aliphatic carbocycles. The first kappa shape index (κ1) is 19.8. The molecular formula is C24H27N5O2. The number of carbonyl (C=O) groups excluding carboxylic acids is 1. The predicted molar refractivity (Wildman–Crippen MR) is 118 cm³/mol. The second-order valence-corrected chi connectivity index (χ2v) is 8.56. The van der Waals surface area contributed by atoms with E-state index < -0.39 is 0 Å². The summed E-state index contributed by atoms with van der Waals surface area (Å²) in [7, 11) is 1.82. The van der Waals surface area contributed by atoms with Crippen LogP contribution in [0.15, 0.2) is 61.1 Å². The molecule has 1 aromatic carbocycles.